The Kier molecular flexibility index (Phi) is 7.63. The highest BCUT2D eigenvalue weighted by molar-refractivity contribution is 5.84. The van der Waals surface area contributed by atoms with E-state index in [1.807, 2.05) is 30.3 Å². The Labute approximate surface area is 209 Å². The number of nitrogens with one attached hydrogen (secondary N) is 1. The highest BCUT2D eigenvalue weighted by Gasteiger charge is 2.30. The lowest BCUT2D eigenvalue weighted by atomic mass is 9.95. The molecule has 8 heteroatoms. The van der Waals surface area contributed by atoms with E-state index in [-0.39, 0.29) is 23.7 Å². The zero-order chi connectivity index (χ0) is 25.7. The lowest BCUT2D eigenvalue weighted by Crippen LogP contribution is -2.33. The first-order valence-corrected chi connectivity index (χ1v) is 11.5. The van der Waals surface area contributed by atoms with Gasteiger partial charge in [0.15, 0.2) is 23.9 Å². The number of hydrogen-bond acceptors (Lipinski definition) is 7. The molecule has 0 aromatic heterocycles. The molecular weight excluding hydrogens is 462 g/mol. The number of carbonyl (C=O) groups is 1. The molecule has 0 bridgehead atoms. The zero-order valence-corrected chi connectivity index (χ0v) is 20.8. The Morgan fingerprint density at radius 3 is 2.28 bits per heavy atom. The first kappa shape index (κ1) is 24.9. The second kappa shape index (κ2) is 11.0. The van der Waals surface area contributed by atoms with Crippen LogP contribution < -0.4 is 34.4 Å². The Hall–Kier alpha value is -4.20. The van der Waals surface area contributed by atoms with Gasteiger partial charge in [0.25, 0.3) is 5.91 Å². The first-order valence-electron chi connectivity index (χ1n) is 11.5. The summed E-state index contributed by atoms with van der Waals surface area (Å²) >= 11 is 0. The van der Waals surface area contributed by atoms with Crippen LogP contribution in [0.5, 0.6) is 28.7 Å². The standard InChI is InChI=1S/C28H29NO7/c1-32-23-13-11-19-20(15-22(23)30)21(29-25(31)16-36-18-8-6-5-7-9-18)12-10-17-14-24(33-2)27(34-3)28(35-4)26(17)19/h5-9,11,13-15,21H,10,12,16H2,1-4H3,(H,29,31)/t21-/m0/s1. The second-order valence-corrected chi connectivity index (χ2v) is 8.22. The topological polar surface area (TPSA) is 92.3 Å². The summed E-state index contributed by atoms with van der Waals surface area (Å²) in [7, 11) is 6.12. The van der Waals surface area contributed by atoms with Crippen molar-refractivity contribution >= 4 is 5.91 Å². The highest BCUT2D eigenvalue weighted by atomic mass is 16.5. The smallest absolute Gasteiger partial charge is 0.258 e. The van der Waals surface area contributed by atoms with Crippen LogP contribution in [-0.2, 0) is 11.2 Å². The summed E-state index contributed by atoms with van der Waals surface area (Å²) in [4.78, 5) is 25.8. The van der Waals surface area contributed by atoms with E-state index in [1.54, 1.807) is 39.5 Å². The number of rotatable bonds is 8. The van der Waals surface area contributed by atoms with E-state index in [0.29, 0.717) is 41.4 Å². The fourth-order valence-electron chi connectivity index (χ4n) is 4.52. The van der Waals surface area contributed by atoms with Crippen molar-refractivity contribution in [2.45, 2.75) is 18.9 Å². The summed E-state index contributed by atoms with van der Waals surface area (Å²) in [6.07, 6.45) is 1.14. The van der Waals surface area contributed by atoms with E-state index in [2.05, 4.69) is 5.32 Å². The second-order valence-electron chi connectivity index (χ2n) is 8.22. The molecule has 0 saturated carbocycles. The molecule has 36 heavy (non-hydrogen) atoms. The van der Waals surface area contributed by atoms with Gasteiger partial charge in [-0.2, -0.15) is 0 Å². The first-order chi connectivity index (χ1) is 17.5. The number of ether oxygens (including phenoxy) is 5. The van der Waals surface area contributed by atoms with Gasteiger partial charge in [-0.05, 0) is 59.9 Å². The Morgan fingerprint density at radius 2 is 1.61 bits per heavy atom. The number of para-hydroxylation sites is 1. The van der Waals surface area contributed by atoms with E-state index < -0.39 is 6.04 Å². The minimum atomic E-state index is -0.453. The molecule has 0 heterocycles. The van der Waals surface area contributed by atoms with Gasteiger partial charge in [-0.15, -0.1) is 0 Å². The largest absolute Gasteiger partial charge is 0.493 e. The lowest BCUT2D eigenvalue weighted by Gasteiger charge is -2.20. The van der Waals surface area contributed by atoms with Crippen molar-refractivity contribution in [2.24, 2.45) is 0 Å². The van der Waals surface area contributed by atoms with Gasteiger partial charge in [0.1, 0.15) is 5.75 Å². The molecule has 1 aliphatic rings. The van der Waals surface area contributed by atoms with Crippen LogP contribution in [0.25, 0.3) is 11.1 Å². The van der Waals surface area contributed by atoms with Gasteiger partial charge in [-0.3, -0.25) is 9.59 Å². The van der Waals surface area contributed by atoms with Crippen LogP contribution in [0.2, 0.25) is 0 Å². The van der Waals surface area contributed by atoms with Crippen LogP contribution in [0.3, 0.4) is 0 Å². The predicted molar refractivity (Wildman–Crippen MR) is 135 cm³/mol. The average molecular weight is 492 g/mol. The molecule has 0 saturated heterocycles. The summed E-state index contributed by atoms with van der Waals surface area (Å²) in [5.41, 5.74) is 2.82. The summed E-state index contributed by atoms with van der Waals surface area (Å²) in [5, 5.41) is 3.05. The van der Waals surface area contributed by atoms with Gasteiger partial charge in [-0.25, -0.2) is 0 Å². The number of methoxy groups -OCH3 is 4. The SMILES string of the molecule is COc1cc2c(c(OC)c1OC)-c1ccc(OC)c(=O)cc1[C@@H](NC(=O)COc1ccccc1)CC2. The van der Waals surface area contributed by atoms with Crippen LogP contribution >= 0.6 is 0 Å². The van der Waals surface area contributed by atoms with Crippen LogP contribution in [0.4, 0.5) is 0 Å². The fraction of sp³-hybridized carbons (Fsp3) is 0.286. The molecule has 0 fully saturated rings. The summed E-state index contributed by atoms with van der Waals surface area (Å²) in [5.74, 6) is 1.98. The van der Waals surface area contributed by atoms with Crippen molar-refractivity contribution in [1.29, 1.82) is 0 Å². The molecule has 4 rings (SSSR count). The lowest BCUT2D eigenvalue weighted by molar-refractivity contribution is -0.123. The van der Waals surface area contributed by atoms with Gasteiger partial charge in [0.2, 0.25) is 11.2 Å². The number of aryl methyl sites for hydroxylation is 1. The van der Waals surface area contributed by atoms with Crippen LogP contribution in [0, 0.1) is 0 Å². The monoisotopic (exact) mass is 491 g/mol. The normalized spacial score (nSPS) is 13.9. The number of carbonyl (C=O) groups excluding carboxylic acids is 1. The van der Waals surface area contributed by atoms with E-state index in [1.165, 1.54) is 13.2 Å². The molecule has 0 spiro atoms. The van der Waals surface area contributed by atoms with Crippen LogP contribution in [-0.4, -0.2) is 41.0 Å². The molecule has 188 valence electrons. The van der Waals surface area contributed by atoms with Crippen molar-refractivity contribution < 1.29 is 28.5 Å². The van der Waals surface area contributed by atoms with E-state index in [4.69, 9.17) is 23.7 Å². The van der Waals surface area contributed by atoms with Gasteiger partial charge in [0, 0.05) is 5.56 Å². The third-order valence-corrected chi connectivity index (χ3v) is 6.17. The minimum Gasteiger partial charge on any atom is -0.493 e. The highest BCUT2D eigenvalue weighted by Crippen LogP contribution is 2.50. The summed E-state index contributed by atoms with van der Waals surface area (Å²) < 4.78 is 27.9. The summed E-state index contributed by atoms with van der Waals surface area (Å²) in [6.45, 7) is -0.153. The third-order valence-electron chi connectivity index (χ3n) is 6.17. The number of fused-ring (bicyclic) bond motifs is 3. The maximum Gasteiger partial charge on any atom is 0.258 e. The molecule has 0 aliphatic heterocycles. The molecule has 1 atom stereocenters. The van der Waals surface area contributed by atoms with Gasteiger partial charge >= 0.3 is 0 Å². The maximum atomic E-state index is 12.9. The third kappa shape index (κ3) is 4.93. The number of hydrogen-bond donors (Lipinski definition) is 1. The minimum absolute atomic E-state index is 0.153. The van der Waals surface area contributed by atoms with Gasteiger partial charge in [-0.1, -0.05) is 24.3 Å². The van der Waals surface area contributed by atoms with E-state index >= 15 is 0 Å². The molecular formula is C28H29NO7. The van der Waals surface area contributed by atoms with E-state index in [0.717, 1.165) is 16.7 Å². The van der Waals surface area contributed by atoms with Gasteiger partial charge in [0.05, 0.1) is 34.5 Å². The Morgan fingerprint density at radius 1 is 0.889 bits per heavy atom. The fourth-order valence-corrected chi connectivity index (χ4v) is 4.52. The van der Waals surface area contributed by atoms with Crippen molar-refractivity contribution in [2.75, 3.05) is 35.0 Å². The van der Waals surface area contributed by atoms with Crippen molar-refractivity contribution in [3.63, 3.8) is 0 Å². The quantitative estimate of drug-likeness (QED) is 0.510. The van der Waals surface area contributed by atoms with Gasteiger partial charge < -0.3 is 29.0 Å². The van der Waals surface area contributed by atoms with Crippen LogP contribution in [0.1, 0.15) is 23.6 Å². The summed E-state index contributed by atoms with van der Waals surface area (Å²) in [6, 6.07) is 15.5. The molecule has 1 N–H and O–H groups in total. The number of amides is 1. The molecule has 0 unspecified atom stereocenters. The zero-order valence-electron chi connectivity index (χ0n) is 20.8. The average Bonchev–Trinajstić information content (AvgIpc) is 3.15. The number of benzene rings is 2. The van der Waals surface area contributed by atoms with Crippen molar-refractivity contribution in [1.82, 2.24) is 5.32 Å². The molecule has 8 nitrogen and oxygen atoms in total. The Bertz CT molecular complexity index is 1310. The molecule has 3 aromatic rings. The van der Waals surface area contributed by atoms with E-state index in [9.17, 15) is 9.59 Å². The molecule has 3 aromatic carbocycles. The molecule has 1 amide bonds. The molecule has 0 radical (unpaired) electrons. The van der Waals surface area contributed by atoms with Crippen molar-refractivity contribution in [3.05, 3.63) is 75.9 Å². The predicted octanol–water partition coefficient (Wildman–Crippen LogP) is 3.93. The van der Waals surface area contributed by atoms with Crippen molar-refractivity contribution in [3.8, 4) is 39.9 Å². The molecule has 1 aliphatic carbocycles. The Balaban J connectivity index is 1.80. The van der Waals surface area contributed by atoms with Crippen LogP contribution in [0.15, 0.2) is 59.4 Å². The maximum absolute atomic E-state index is 12.9.